The minimum atomic E-state index is -3.44. The highest BCUT2D eigenvalue weighted by atomic mass is 32.2. The lowest BCUT2D eigenvalue weighted by Gasteiger charge is -2.01. The number of nitro benzene ring substituents is 2. The zero-order valence-electron chi connectivity index (χ0n) is 8.69. The van der Waals surface area contributed by atoms with Crippen LogP contribution in [0, 0.1) is 20.2 Å². The predicted molar refractivity (Wildman–Crippen MR) is 58.3 cm³/mol. The van der Waals surface area contributed by atoms with Crippen LogP contribution in [0.1, 0.15) is 5.56 Å². The Morgan fingerprint density at radius 1 is 1.18 bits per heavy atom. The van der Waals surface area contributed by atoms with Gasteiger partial charge < -0.3 is 0 Å². The topological polar surface area (TPSA) is 120 Å². The van der Waals surface area contributed by atoms with Gasteiger partial charge in [-0.15, -0.1) is 0 Å². The SMILES string of the molecule is CS(=O)(=O)Cc1ccc([N+](=O)[O-])cc1[N+](=O)[O-]. The number of non-ortho nitro benzene ring substituents is 1. The Morgan fingerprint density at radius 3 is 2.18 bits per heavy atom. The van der Waals surface area contributed by atoms with Gasteiger partial charge in [0.1, 0.15) is 0 Å². The van der Waals surface area contributed by atoms with Crippen molar-refractivity contribution in [3.05, 3.63) is 44.0 Å². The number of nitrogens with zero attached hydrogens (tertiary/aromatic N) is 2. The van der Waals surface area contributed by atoms with Gasteiger partial charge >= 0.3 is 0 Å². The molecule has 0 unspecified atom stereocenters. The third kappa shape index (κ3) is 3.48. The number of rotatable bonds is 4. The molecule has 1 aromatic rings. The van der Waals surface area contributed by atoms with E-state index in [1.165, 1.54) is 0 Å². The van der Waals surface area contributed by atoms with Gasteiger partial charge in [0.15, 0.2) is 9.84 Å². The lowest BCUT2D eigenvalue weighted by atomic mass is 10.2. The average molecular weight is 260 g/mol. The fraction of sp³-hybridized carbons (Fsp3) is 0.250. The summed E-state index contributed by atoms with van der Waals surface area (Å²) in [6.45, 7) is 0. The molecular weight excluding hydrogens is 252 g/mol. The van der Waals surface area contributed by atoms with Crippen LogP contribution in [-0.4, -0.2) is 24.5 Å². The number of hydrogen-bond donors (Lipinski definition) is 0. The van der Waals surface area contributed by atoms with E-state index < -0.39 is 36.8 Å². The summed E-state index contributed by atoms with van der Waals surface area (Å²) in [7, 11) is -3.44. The Labute approximate surface area is 96.1 Å². The smallest absolute Gasteiger partial charge is 0.258 e. The van der Waals surface area contributed by atoms with Gasteiger partial charge in [0, 0.05) is 17.9 Å². The quantitative estimate of drug-likeness (QED) is 0.589. The summed E-state index contributed by atoms with van der Waals surface area (Å²) in [5, 5.41) is 21.1. The summed E-state index contributed by atoms with van der Waals surface area (Å²) in [6.07, 6.45) is 0.929. The Morgan fingerprint density at radius 2 is 1.76 bits per heavy atom. The molecule has 0 saturated heterocycles. The second kappa shape index (κ2) is 4.45. The van der Waals surface area contributed by atoms with Gasteiger partial charge in [0.2, 0.25) is 0 Å². The first kappa shape index (κ1) is 13.0. The minimum absolute atomic E-state index is 0.0666. The van der Waals surface area contributed by atoms with Crippen molar-refractivity contribution in [2.24, 2.45) is 0 Å². The molecule has 0 bridgehead atoms. The zero-order chi connectivity index (χ0) is 13.2. The van der Waals surface area contributed by atoms with Crippen LogP contribution in [0.4, 0.5) is 11.4 Å². The maximum absolute atomic E-state index is 11.0. The predicted octanol–water partition coefficient (Wildman–Crippen LogP) is 1.05. The van der Waals surface area contributed by atoms with E-state index in [9.17, 15) is 28.6 Å². The van der Waals surface area contributed by atoms with Crippen molar-refractivity contribution >= 4 is 21.2 Å². The van der Waals surface area contributed by atoms with E-state index in [0.29, 0.717) is 0 Å². The molecule has 9 heteroatoms. The molecular formula is C8H8N2O6S. The van der Waals surface area contributed by atoms with Gasteiger partial charge in [-0.25, -0.2) is 8.42 Å². The maximum atomic E-state index is 11.0. The monoisotopic (exact) mass is 260 g/mol. The number of benzene rings is 1. The minimum Gasteiger partial charge on any atom is -0.258 e. The van der Waals surface area contributed by atoms with Crippen LogP contribution in [-0.2, 0) is 15.6 Å². The molecule has 8 nitrogen and oxygen atoms in total. The summed E-state index contributed by atoms with van der Waals surface area (Å²) in [5.74, 6) is -0.526. The highest BCUT2D eigenvalue weighted by Gasteiger charge is 2.21. The third-order valence-corrected chi connectivity index (χ3v) is 2.73. The molecule has 0 N–H and O–H groups in total. The van der Waals surface area contributed by atoms with Gasteiger partial charge in [-0.05, 0) is 6.07 Å². The first-order valence-electron chi connectivity index (χ1n) is 4.30. The molecule has 0 aromatic heterocycles. The van der Waals surface area contributed by atoms with E-state index in [1.807, 2.05) is 0 Å². The summed E-state index contributed by atoms with van der Waals surface area (Å²) >= 11 is 0. The second-order valence-electron chi connectivity index (χ2n) is 3.40. The van der Waals surface area contributed by atoms with Crippen LogP contribution >= 0.6 is 0 Å². The van der Waals surface area contributed by atoms with Crippen LogP contribution in [0.3, 0.4) is 0 Å². The second-order valence-corrected chi connectivity index (χ2v) is 5.54. The molecule has 0 spiro atoms. The normalized spacial score (nSPS) is 11.1. The average Bonchev–Trinajstić information content (AvgIpc) is 2.14. The summed E-state index contributed by atoms with van der Waals surface area (Å²) in [4.78, 5) is 19.5. The summed E-state index contributed by atoms with van der Waals surface area (Å²) < 4.78 is 22.1. The Kier molecular flexibility index (Phi) is 3.42. The maximum Gasteiger partial charge on any atom is 0.280 e. The van der Waals surface area contributed by atoms with Gasteiger partial charge in [-0.1, -0.05) is 0 Å². The number of sulfone groups is 1. The van der Waals surface area contributed by atoms with E-state index in [-0.39, 0.29) is 5.56 Å². The van der Waals surface area contributed by atoms with E-state index >= 15 is 0 Å². The van der Waals surface area contributed by atoms with Gasteiger partial charge in [-0.3, -0.25) is 20.2 Å². The molecule has 0 aliphatic rings. The molecule has 17 heavy (non-hydrogen) atoms. The van der Waals surface area contributed by atoms with Crippen LogP contribution in [0.2, 0.25) is 0 Å². The fourth-order valence-electron chi connectivity index (χ4n) is 1.24. The summed E-state index contributed by atoms with van der Waals surface area (Å²) in [5.41, 5.74) is -1.08. The molecule has 0 heterocycles. The van der Waals surface area contributed by atoms with Crippen molar-refractivity contribution in [1.82, 2.24) is 0 Å². The van der Waals surface area contributed by atoms with Gasteiger partial charge in [0.05, 0.1) is 21.7 Å². The van der Waals surface area contributed by atoms with Crippen molar-refractivity contribution in [2.75, 3.05) is 6.26 Å². The van der Waals surface area contributed by atoms with E-state index in [0.717, 1.165) is 24.5 Å². The van der Waals surface area contributed by atoms with E-state index in [1.54, 1.807) is 0 Å². The van der Waals surface area contributed by atoms with Crippen molar-refractivity contribution in [3.8, 4) is 0 Å². The molecule has 0 fully saturated rings. The fourth-order valence-corrected chi connectivity index (χ4v) is 2.05. The van der Waals surface area contributed by atoms with Crippen LogP contribution < -0.4 is 0 Å². The summed E-state index contributed by atoms with van der Waals surface area (Å²) in [6, 6.07) is 2.87. The van der Waals surface area contributed by atoms with Gasteiger partial charge in [-0.2, -0.15) is 0 Å². The van der Waals surface area contributed by atoms with Crippen molar-refractivity contribution in [3.63, 3.8) is 0 Å². The number of nitro groups is 2. The van der Waals surface area contributed by atoms with Gasteiger partial charge in [0.25, 0.3) is 11.4 Å². The van der Waals surface area contributed by atoms with Crippen molar-refractivity contribution in [2.45, 2.75) is 5.75 Å². The van der Waals surface area contributed by atoms with Crippen LogP contribution in [0.5, 0.6) is 0 Å². The molecule has 1 rings (SSSR count). The molecule has 0 radical (unpaired) electrons. The molecule has 1 aromatic carbocycles. The Hall–Kier alpha value is -2.03. The van der Waals surface area contributed by atoms with Crippen LogP contribution in [0.15, 0.2) is 18.2 Å². The molecule has 0 aliphatic carbocycles. The van der Waals surface area contributed by atoms with E-state index in [4.69, 9.17) is 0 Å². The third-order valence-electron chi connectivity index (χ3n) is 1.89. The Balaban J connectivity index is 3.32. The molecule has 0 aliphatic heterocycles. The first-order chi connectivity index (χ1) is 7.70. The first-order valence-corrected chi connectivity index (χ1v) is 6.36. The van der Waals surface area contributed by atoms with Crippen molar-refractivity contribution < 1.29 is 18.3 Å². The molecule has 92 valence electrons. The Bertz CT molecular complexity index is 580. The highest BCUT2D eigenvalue weighted by Crippen LogP contribution is 2.25. The van der Waals surface area contributed by atoms with E-state index in [2.05, 4.69) is 0 Å². The lowest BCUT2D eigenvalue weighted by Crippen LogP contribution is -2.04. The lowest BCUT2D eigenvalue weighted by molar-refractivity contribution is -0.394. The molecule has 0 saturated carbocycles. The zero-order valence-corrected chi connectivity index (χ0v) is 9.51. The van der Waals surface area contributed by atoms with Crippen LogP contribution in [0.25, 0.3) is 0 Å². The highest BCUT2D eigenvalue weighted by molar-refractivity contribution is 7.89. The largest absolute Gasteiger partial charge is 0.280 e. The molecule has 0 amide bonds. The molecule has 0 atom stereocenters. The standard InChI is InChI=1S/C8H8N2O6S/c1-17(15,16)5-6-2-3-7(9(11)12)4-8(6)10(13)14/h2-4H,5H2,1H3. The number of hydrogen-bond acceptors (Lipinski definition) is 6. The van der Waals surface area contributed by atoms with Crippen molar-refractivity contribution in [1.29, 1.82) is 0 Å².